The highest BCUT2D eigenvalue weighted by Crippen LogP contribution is 2.49. The number of hydrogen-bond donors (Lipinski definition) is 0. The minimum absolute atomic E-state index is 0.0156. The smallest absolute Gasteiger partial charge is 0.191 e. The second kappa shape index (κ2) is 4.77. The number of hydrogen-bond acceptors (Lipinski definition) is 4. The van der Waals surface area contributed by atoms with E-state index in [-0.39, 0.29) is 23.9 Å². The summed E-state index contributed by atoms with van der Waals surface area (Å²) in [6.45, 7) is 2.11. The second-order valence-electron chi connectivity index (χ2n) is 5.97. The van der Waals surface area contributed by atoms with Crippen molar-refractivity contribution in [3.8, 4) is 0 Å². The van der Waals surface area contributed by atoms with Gasteiger partial charge >= 0.3 is 0 Å². The van der Waals surface area contributed by atoms with Crippen molar-refractivity contribution in [1.82, 2.24) is 0 Å². The molecule has 4 rings (SSSR count). The van der Waals surface area contributed by atoms with Crippen molar-refractivity contribution in [1.29, 1.82) is 0 Å². The average Bonchev–Trinajstić information content (AvgIpc) is 3.22. The SMILES string of the molecule is CC(=O)C1CC2C=CC1(C1OCC(c3ccccc3)O1)O2. The number of Topliss-reactive ketones (excluding diaryl/α,β-unsaturated/α-hetero) is 1. The molecule has 4 nitrogen and oxygen atoms in total. The first-order valence-corrected chi connectivity index (χ1v) is 7.39. The Hall–Kier alpha value is -1.49. The van der Waals surface area contributed by atoms with Gasteiger partial charge in [0.05, 0.1) is 18.6 Å². The molecule has 2 bridgehead atoms. The molecule has 2 saturated heterocycles. The van der Waals surface area contributed by atoms with Gasteiger partial charge in [-0.3, -0.25) is 4.79 Å². The van der Waals surface area contributed by atoms with Gasteiger partial charge in [0.25, 0.3) is 0 Å². The van der Waals surface area contributed by atoms with Crippen molar-refractivity contribution in [2.75, 3.05) is 6.61 Å². The number of benzene rings is 1. The van der Waals surface area contributed by atoms with Gasteiger partial charge in [0, 0.05) is 0 Å². The Labute approximate surface area is 123 Å². The van der Waals surface area contributed by atoms with Crippen LogP contribution in [0.4, 0.5) is 0 Å². The highest BCUT2D eigenvalue weighted by Gasteiger charge is 2.59. The van der Waals surface area contributed by atoms with E-state index in [2.05, 4.69) is 0 Å². The van der Waals surface area contributed by atoms with Gasteiger partial charge in [-0.1, -0.05) is 36.4 Å². The molecule has 1 aromatic carbocycles. The molecule has 110 valence electrons. The van der Waals surface area contributed by atoms with Gasteiger partial charge in [0.15, 0.2) is 6.29 Å². The van der Waals surface area contributed by atoms with Crippen LogP contribution in [0.25, 0.3) is 0 Å². The Morgan fingerprint density at radius 1 is 1.29 bits per heavy atom. The van der Waals surface area contributed by atoms with Crippen LogP contribution in [-0.2, 0) is 19.0 Å². The third-order valence-electron chi connectivity index (χ3n) is 4.66. The van der Waals surface area contributed by atoms with Gasteiger partial charge in [0.1, 0.15) is 17.5 Å². The normalized spacial score (nSPS) is 40.8. The molecule has 0 spiro atoms. The summed E-state index contributed by atoms with van der Waals surface area (Å²) in [5, 5.41) is 0. The maximum Gasteiger partial charge on any atom is 0.191 e. The molecule has 0 amide bonds. The molecule has 0 saturated carbocycles. The van der Waals surface area contributed by atoms with Gasteiger partial charge in [0.2, 0.25) is 0 Å². The van der Waals surface area contributed by atoms with E-state index in [1.54, 1.807) is 6.92 Å². The van der Waals surface area contributed by atoms with Crippen LogP contribution >= 0.6 is 0 Å². The number of carbonyl (C=O) groups excluding carboxylic acids is 1. The second-order valence-corrected chi connectivity index (χ2v) is 5.97. The zero-order valence-corrected chi connectivity index (χ0v) is 11.9. The molecule has 21 heavy (non-hydrogen) atoms. The Bertz CT molecular complexity index is 582. The van der Waals surface area contributed by atoms with Crippen LogP contribution in [-0.4, -0.2) is 30.4 Å². The molecule has 1 aromatic rings. The standard InChI is InChI=1S/C17H18O4/c1-11(18)14-9-13-7-8-17(14,21-13)16-19-10-15(20-16)12-5-3-2-4-6-12/h2-8,13-16H,9-10H2,1H3. The van der Waals surface area contributed by atoms with E-state index in [1.807, 2.05) is 42.5 Å². The first-order valence-electron chi connectivity index (χ1n) is 7.39. The minimum atomic E-state index is -0.736. The van der Waals surface area contributed by atoms with E-state index in [9.17, 15) is 4.79 Å². The maximum absolute atomic E-state index is 11.9. The zero-order valence-electron chi connectivity index (χ0n) is 11.9. The summed E-state index contributed by atoms with van der Waals surface area (Å²) in [4.78, 5) is 11.9. The Morgan fingerprint density at radius 2 is 2.10 bits per heavy atom. The van der Waals surface area contributed by atoms with Crippen molar-refractivity contribution < 1.29 is 19.0 Å². The van der Waals surface area contributed by atoms with Crippen molar-refractivity contribution >= 4 is 5.78 Å². The number of fused-ring (bicyclic) bond motifs is 2. The van der Waals surface area contributed by atoms with E-state index in [0.29, 0.717) is 6.61 Å². The fourth-order valence-corrected chi connectivity index (χ4v) is 3.60. The fraction of sp³-hybridized carbons (Fsp3) is 0.471. The summed E-state index contributed by atoms with van der Waals surface area (Å²) in [7, 11) is 0. The molecule has 2 fully saturated rings. The predicted octanol–water partition coefficient (Wildman–Crippen LogP) is 2.40. The quantitative estimate of drug-likeness (QED) is 0.800. The third kappa shape index (κ3) is 1.98. The summed E-state index contributed by atoms with van der Waals surface area (Å²) in [6.07, 6.45) is 4.11. The van der Waals surface area contributed by atoms with Crippen molar-refractivity contribution in [2.45, 2.75) is 37.4 Å². The molecule has 0 aromatic heterocycles. The molecule has 3 aliphatic rings. The van der Waals surface area contributed by atoms with Gasteiger partial charge in [-0.05, 0) is 25.0 Å². The van der Waals surface area contributed by atoms with E-state index < -0.39 is 11.9 Å². The molecule has 0 aliphatic carbocycles. The number of ether oxygens (including phenoxy) is 3. The first kappa shape index (κ1) is 13.2. The lowest BCUT2D eigenvalue weighted by molar-refractivity contribution is -0.186. The molecule has 0 N–H and O–H groups in total. The van der Waals surface area contributed by atoms with Crippen LogP contribution in [0.2, 0.25) is 0 Å². The van der Waals surface area contributed by atoms with Crippen molar-refractivity contribution in [3.05, 3.63) is 48.0 Å². The molecule has 3 aliphatic heterocycles. The van der Waals surface area contributed by atoms with Crippen LogP contribution < -0.4 is 0 Å². The number of rotatable bonds is 3. The van der Waals surface area contributed by atoms with E-state index in [1.165, 1.54) is 0 Å². The Kier molecular flexibility index (Phi) is 2.99. The maximum atomic E-state index is 11.9. The van der Waals surface area contributed by atoms with Crippen molar-refractivity contribution in [3.63, 3.8) is 0 Å². The monoisotopic (exact) mass is 286 g/mol. The minimum Gasteiger partial charge on any atom is -0.357 e. The lowest BCUT2D eigenvalue weighted by Crippen LogP contribution is -2.47. The number of ketones is 1. The largest absolute Gasteiger partial charge is 0.357 e. The summed E-state index contributed by atoms with van der Waals surface area (Å²) in [5.74, 6) is -0.0377. The highest BCUT2D eigenvalue weighted by atomic mass is 16.7. The molecule has 5 unspecified atom stereocenters. The molecule has 0 radical (unpaired) electrons. The van der Waals surface area contributed by atoms with Gasteiger partial charge in [-0.15, -0.1) is 0 Å². The molecule has 3 heterocycles. The van der Waals surface area contributed by atoms with Crippen LogP contribution in [0, 0.1) is 5.92 Å². The van der Waals surface area contributed by atoms with E-state index in [4.69, 9.17) is 14.2 Å². The molecule has 5 atom stereocenters. The highest BCUT2D eigenvalue weighted by molar-refractivity contribution is 5.81. The average molecular weight is 286 g/mol. The molecular formula is C17H18O4. The lowest BCUT2D eigenvalue weighted by atomic mass is 9.80. The van der Waals surface area contributed by atoms with Gasteiger partial charge < -0.3 is 14.2 Å². The summed E-state index contributed by atoms with van der Waals surface area (Å²) < 4.78 is 18.0. The third-order valence-corrected chi connectivity index (χ3v) is 4.66. The lowest BCUT2D eigenvalue weighted by Gasteiger charge is -2.33. The fourth-order valence-electron chi connectivity index (χ4n) is 3.60. The zero-order chi connectivity index (χ0) is 14.4. The summed E-state index contributed by atoms with van der Waals surface area (Å²) >= 11 is 0. The Balaban J connectivity index is 1.58. The number of carbonyl (C=O) groups is 1. The molecule has 4 heteroatoms. The summed E-state index contributed by atoms with van der Waals surface area (Å²) in [6, 6.07) is 10.0. The van der Waals surface area contributed by atoms with Crippen LogP contribution in [0.15, 0.2) is 42.5 Å². The summed E-state index contributed by atoms with van der Waals surface area (Å²) in [5.41, 5.74) is 0.354. The molecular weight excluding hydrogens is 268 g/mol. The van der Waals surface area contributed by atoms with Gasteiger partial charge in [-0.25, -0.2) is 0 Å². The first-order chi connectivity index (χ1) is 10.2. The van der Waals surface area contributed by atoms with Crippen LogP contribution in [0.3, 0.4) is 0 Å². The predicted molar refractivity (Wildman–Crippen MR) is 75.5 cm³/mol. The van der Waals surface area contributed by atoms with Crippen molar-refractivity contribution in [2.24, 2.45) is 5.92 Å². The van der Waals surface area contributed by atoms with Crippen LogP contribution in [0.1, 0.15) is 25.0 Å². The van der Waals surface area contributed by atoms with Crippen LogP contribution in [0.5, 0.6) is 0 Å². The van der Waals surface area contributed by atoms with Gasteiger partial charge in [-0.2, -0.15) is 0 Å². The van der Waals surface area contributed by atoms with E-state index in [0.717, 1.165) is 12.0 Å². The van der Waals surface area contributed by atoms with E-state index >= 15 is 0 Å². The Morgan fingerprint density at radius 3 is 2.81 bits per heavy atom. The topological polar surface area (TPSA) is 44.8 Å².